The minimum absolute atomic E-state index is 0.00245. The summed E-state index contributed by atoms with van der Waals surface area (Å²) in [5, 5.41) is 34.5. The summed E-state index contributed by atoms with van der Waals surface area (Å²) >= 11 is 0. The number of amides is 3. The summed E-state index contributed by atoms with van der Waals surface area (Å²) in [6.45, 7) is -1.04. The number of rotatable bonds is 14. The van der Waals surface area contributed by atoms with Gasteiger partial charge in [-0.2, -0.15) is 0 Å². The lowest BCUT2D eigenvalue weighted by molar-refractivity contribution is -0.143. The van der Waals surface area contributed by atoms with Crippen molar-refractivity contribution in [2.45, 2.75) is 37.4 Å². The van der Waals surface area contributed by atoms with Crippen molar-refractivity contribution in [2.24, 2.45) is 22.2 Å². The molecular weight excluding hydrogens is 450 g/mol. The van der Waals surface area contributed by atoms with Gasteiger partial charge in [0.15, 0.2) is 5.96 Å². The van der Waals surface area contributed by atoms with Crippen LogP contribution in [0.1, 0.15) is 18.4 Å². The number of carbonyl (C=O) groups is 4. The summed E-state index contributed by atoms with van der Waals surface area (Å²) in [5.41, 5.74) is 16.7. The Labute approximate surface area is 195 Å². The standard InChI is InChI=1S/C20H31N7O7/c21-13(2-1-7-24-20(22)23)17(31)25-9-16(30)26-14(8-11-3-5-12(29)6-4-11)18(32)27-15(10-28)19(33)34/h3-6,13-15,28-29H,1-2,7-10,21H2,(H,25,31)(H,26,30)(H,27,32)(H,33,34)(H4,22,23,24). The van der Waals surface area contributed by atoms with E-state index in [2.05, 4.69) is 20.9 Å². The summed E-state index contributed by atoms with van der Waals surface area (Å²) in [6, 6.07) is 2.11. The Balaban J connectivity index is 2.72. The molecule has 0 radical (unpaired) electrons. The average Bonchev–Trinajstić information content (AvgIpc) is 2.78. The van der Waals surface area contributed by atoms with Crippen molar-refractivity contribution < 1.29 is 34.5 Å². The van der Waals surface area contributed by atoms with Crippen molar-refractivity contribution in [3.05, 3.63) is 29.8 Å². The first-order valence-electron chi connectivity index (χ1n) is 10.3. The van der Waals surface area contributed by atoms with Crippen LogP contribution in [-0.2, 0) is 25.6 Å². The Morgan fingerprint density at radius 1 is 1.00 bits per heavy atom. The number of aliphatic hydroxyl groups excluding tert-OH is 1. The number of carboxylic acids is 1. The first-order chi connectivity index (χ1) is 16.0. The van der Waals surface area contributed by atoms with Crippen molar-refractivity contribution in [2.75, 3.05) is 19.7 Å². The molecule has 0 aromatic heterocycles. The van der Waals surface area contributed by atoms with E-state index in [1.807, 2.05) is 0 Å². The average molecular weight is 482 g/mol. The molecule has 1 aromatic carbocycles. The Kier molecular flexibility index (Phi) is 11.8. The third kappa shape index (κ3) is 10.6. The van der Waals surface area contributed by atoms with E-state index in [-0.39, 0.29) is 24.6 Å². The lowest BCUT2D eigenvalue weighted by Crippen LogP contribution is -2.55. The van der Waals surface area contributed by atoms with Gasteiger partial charge < -0.3 is 48.5 Å². The zero-order valence-corrected chi connectivity index (χ0v) is 18.4. The molecule has 3 amide bonds. The van der Waals surface area contributed by atoms with Crippen LogP contribution in [0.15, 0.2) is 29.3 Å². The highest BCUT2D eigenvalue weighted by atomic mass is 16.4. The molecule has 1 aromatic rings. The molecule has 3 atom stereocenters. The number of aromatic hydroxyl groups is 1. The third-order valence-electron chi connectivity index (χ3n) is 4.55. The van der Waals surface area contributed by atoms with Gasteiger partial charge in [-0.3, -0.25) is 19.4 Å². The van der Waals surface area contributed by atoms with E-state index in [4.69, 9.17) is 27.4 Å². The number of aliphatic imine (C=N–C) groups is 1. The second-order valence-corrected chi connectivity index (χ2v) is 7.35. The molecule has 34 heavy (non-hydrogen) atoms. The summed E-state index contributed by atoms with van der Waals surface area (Å²) in [5.74, 6) is -3.70. The van der Waals surface area contributed by atoms with E-state index in [1.165, 1.54) is 24.3 Å². The van der Waals surface area contributed by atoms with E-state index in [9.17, 15) is 24.3 Å². The van der Waals surface area contributed by atoms with Crippen LogP contribution in [0.2, 0.25) is 0 Å². The molecule has 14 heteroatoms. The number of nitrogens with two attached hydrogens (primary N) is 3. The van der Waals surface area contributed by atoms with E-state index in [1.54, 1.807) is 0 Å². The number of hydrogen-bond acceptors (Lipinski definition) is 8. The van der Waals surface area contributed by atoms with E-state index < -0.39 is 55.0 Å². The summed E-state index contributed by atoms with van der Waals surface area (Å²) in [4.78, 5) is 51.9. The van der Waals surface area contributed by atoms with Crippen molar-refractivity contribution in [3.8, 4) is 5.75 Å². The maximum Gasteiger partial charge on any atom is 0.328 e. The number of benzene rings is 1. The maximum atomic E-state index is 12.6. The number of aliphatic hydroxyl groups is 1. The number of nitrogens with one attached hydrogen (secondary N) is 3. The number of nitrogens with zero attached hydrogens (tertiary/aromatic N) is 1. The first-order valence-corrected chi connectivity index (χ1v) is 10.3. The van der Waals surface area contributed by atoms with Gasteiger partial charge >= 0.3 is 5.97 Å². The van der Waals surface area contributed by atoms with Crippen LogP contribution < -0.4 is 33.2 Å². The molecule has 0 aliphatic carbocycles. The van der Waals surface area contributed by atoms with E-state index >= 15 is 0 Å². The number of carbonyl (C=O) groups excluding carboxylic acids is 3. The third-order valence-corrected chi connectivity index (χ3v) is 4.55. The highest BCUT2D eigenvalue weighted by Gasteiger charge is 2.26. The molecule has 188 valence electrons. The molecule has 14 nitrogen and oxygen atoms in total. The minimum Gasteiger partial charge on any atom is -0.508 e. The lowest BCUT2D eigenvalue weighted by Gasteiger charge is -2.21. The Hall–Kier alpha value is -3.91. The fourth-order valence-electron chi connectivity index (χ4n) is 2.73. The lowest BCUT2D eigenvalue weighted by atomic mass is 10.0. The van der Waals surface area contributed by atoms with Gasteiger partial charge in [0, 0.05) is 13.0 Å². The molecule has 0 fully saturated rings. The summed E-state index contributed by atoms with van der Waals surface area (Å²) in [6.07, 6.45) is 0.672. The van der Waals surface area contributed by atoms with Crippen LogP contribution in [0, 0.1) is 0 Å². The molecule has 0 bridgehead atoms. The normalized spacial score (nSPS) is 13.1. The van der Waals surface area contributed by atoms with Crippen molar-refractivity contribution >= 4 is 29.7 Å². The number of guanidine groups is 1. The predicted octanol–water partition coefficient (Wildman–Crippen LogP) is -3.52. The second kappa shape index (κ2) is 14.3. The highest BCUT2D eigenvalue weighted by molar-refractivity contribution is 5.92. The maximum absolute atomic E-state index is 12.6. The SMILES string of the molecule is NC(N)=NCCCC(N)C(=O)NCC(=O)NC(Cc1ccc(O)cc1)C(=O)NC(CO)C(=O)O. The quantitative estimate of drug-likeness (QED) is 0.0718. The van der Waals surface area contributed by atoms with Gasteiger partial charge in [0.1, 0.15) is 17.8 Å². The van der Waals surface area contributed by atoms with Crippen molar-refractivity contribution in [3.63, 3.8) is 0 Å². The zero-order chi connectivity index (χ0) is 25.7. The fourth-order valence-corrected chi connectivity index (χ4v) is 2.73. The van der Waals surface area contributed by atoms with Crippen LogP contribution in [0.4, 0.5) is 0 Å². The number of hydrogen-bond donors (Lipinski definition) is 9. The number of phenols is 1. The largest absolute Gasteiger partial charge is 0.508 e. The smallest absolute Gasteiger partial charge is 0.328 e. The molecule has 0 saturated heterocycles. The number of aliphatic carboxylic acids is 1. The van der Waals surface area contributed by atoms with Gasteiger partial charge in [-0.05, 0) is 30.5 Å². The number of phenolic OH excluding ortho intramolecular Hbond substituents is 1. The molecular formula is C20H31N7O7. The van der Waals surface area contributed by atoms with Gasteiger partial charge in [-0.25, -0.2) is 4.79 Å². The molecule has 0 spiro atoms. The Morgan fingerprint density at radius 3 is 2.21 bits per heavy atom. The molecule has 12 N–H and O–H groups in total. The molecule has 0 aliphatic heterocycles. The van der Waals surface area contributed by atoms with Gasteiger partial charge in [0.25, 0.3) is 0 Å². The minimum atomic E-state index is -1.57. The van der Waals surface area contributed by atoms with Gasteiger partial charge in [-0.1, -0.05) is 12.1 Å². The second-order valence-electron chi connectivity index (χ2n) is 7.35. The van der Waals surface area contributed by atoms with Crippen LogP contribution in [-0.4, -0.2) is 82.8 Å². The predicted molar refractivity (Wildman–Crippen MR) is 121 cm³/mol. The van der Waals surface area contributed by atoms with Gasteiger partial charge in [-0.15, -0.1) is 0 Å². The topological polar surface area (TPSA) is 255 Å². The van der Waals surface area contributed by atoms with E-state index in [0.29, 0.717) is 18.5 Å². The fraction of sp³-hybridized carbons (Fsp3) is 0.450. The molecule has 0 aliphatic rings. The van der Waals surface area contributed by atoms with Crippen LogP contribution in [0.5, 0.6) is 5.75 Å². The summed E-state index contributed by atoms with van der Waals surface area (Å²) < 4.78 is 0. The van der Waals surface area contributed by atoms with Crippen LogP contribution >= 0.6 is 0 Å². The van der Waals surface area contributed by atoms with E-state index in [0.717, 1.165) is 0 Å². The van der Waals surface area contributed by atoms with Crippen LogP contribution in [0.25, 0.3) is 0 Å². The highest BCUT2D eigenvalue weighted by Crippen LogP contribution is 2.11. The van der Waals surface area contributed by atoms with Crippen molar-refractivity contribution in [1.82, 2.24) is 16.0 Å². The van der Waals surface area contributed by atoms with Gasteiger partial charge in [0.05, 0.1) is 19.2 Å². The Morgan fingerprint density at radius 2 is 1.65 bits per heavy atom. The summed E-state index contributed by atoms with van der Waals surface area (Å²) in [7, 11) is 0. The van der Waals surface area contributed by atoms with Crippen molar-refractivity contribution in [1.29, 1.82) is 0 Å². The van der Waals surface area contributed by atoms with Gasteiger partial charge in [0.2, 0.25) is 17.7 Å². The zero-order valence-electron chi connectivity index (χ0n) is 18.4. The first kappa shape index (κ1) is 28.1. The molecule has 0 heterocycles. The monoisotopic (exact) mass is 481 g/mol. The van der Waals surface area contributed by atoms with Crippen LogP contribution in [0.3, 0.4) is 0 Å². The molecule has 0 saturated carbocycles. The Bertz CT molecular complexity index is 873. The molecule has 3 unspecified atom stereocenters. The number of carboxylic acid groups (broad SMARTS) is 1. The molecule has 1 rings (SSSR count).